The second-order valence-corrected chi connectivity index (χ2v) is 5.31. The number of aliphatic carboxylic acids is 1. The molecule has 1 amide bonds. The summed E-state index contributed by atoms with van der Waals surface area (Å²) in [5, 5.41) is 12.1. The molecule has 1 aromatic rings. The summed E-state index contributed by atoms with van der Waals surface area (Å²) in [6.45, 7) is 11.0. The second-order valence-electron chi connectivity index (χ2n) is 5.31. The van der Waals surface area contributed by atoms with Gasteiger partial charge < -0.3 is 10.4 Å². The van der Waals surface area contributed by atoms with Gasteiger partial charge in [-0.1, -0.05) is 30.4 Å². The Morgan fingerprint density at radius 1 is 1.23 bits per heavy atom. The quantitative estimate of drug-likeness (QED) is 0.724. The second kappa shape index (κ2) is 8.17. The molecular formula is C18H23NO3. The standard InChI is InChI=1S/C18H23NO3/c1-5-8-14(9-6-2)17(20)19-16(18(21)22)15-11-7-10-12(3)13(15)4/h5-7,10-11,14,16H,1-2,8-9H2,3-4H3,(H,19,20)(H,21,22). The molecular weight excluding hydrogens is 278 g/mol. The molecule has 1 unspecified atom stereocenters. The number of carboxylic acids is 1. The van der Waals surface area contributed by atoms with Gasteiger partial charge in [0.25, 0.3) is 0 Å². The van der Waals surface area contributed by atoms with E-state index in [4.69, 9.17) is 0 Å². The zero-order chi connectivity index (χ0) is 16.7. The van der Waals surface area contributed by atoms with Crippen molar-refractivity contribution in [3.05, 3.63) is 60.2 Å². The number of hydrogen-bond donors (Lipinski definition) is 2. The molecule has 0 saturated heterocycles. The zero-order valence-corrected chi connectivity index (χ0v) is 13.1. The van der Waals surface area contributed by atoms with E-state index in [1.807, 2.05) is 19.9 Å². The van der Waals surface area contributed by atoms with E-state index in [1.54, 1.807) is 24.3 Å². The fraction of sp³-hybridized carbons (Fsp3) is 0.333. The minimum absolute atomic E-state index is 0.298. The highest BCUT2D eigenvalue weighted by Crippen LogP contribution is 2.22. The van der Waals surface area contributed by atoms with Crippen LogP contribution in [0.4, 0.5) is 0 Å². The van der Waals surface area contributed by atoms with Gasteiger partial charge in [0.2, 0.25) is 5.91 Å². The van der Waals surface area contributed by atoms with Crippen LogP contribution in [0.1, 0.15) is 35.6 Å². The van der Waals surface area contributed by atoms with Crippen LogP contribution in [0.2, 0.25) is 0 Å². The Labute approximate surface area is 131 Å². The molecule has 1 aromatic carbocycles. The van der Waals surface area contributed by atoms with Gasteiger partial charge in [-0.2, -0.15) is 0 Å². The van der Waals surface area contributed by atoms with Crippen LogP contribution >= 0.6 is 0 Å². The highest BCUT2D eigenvalue weighted by molar-refractivity contribution is 5.86. The molecule has 0 aromatic heterocycles. The van der Waals surface area contributed by atoms with Crippen LogP contribution in [0.3, 0.4) is 0 Å². The topological polar surface area (TPSA) is 66.4 Å². The van der Waals surface area contributed by atoms with Crippen LogP contribution < -0.4 is 5.32 Å². The van der Waals surface area contributed by atoms with Crippen LogP contribution in [0.15, 0.2) is 43.5 Å². The number of aryl methyl sites for hydroxylation is 1. The molecule has 1 atom stereocenters. The zero-order valence-electron chi connectivity index (χ0n) is 13.1. The molecule has 0 radical (unpaired) electrons. The van der Waals surface area contributed by atoms with Crippen molar-refractivity contribution in [1.82, 2.24) is 5.32 Å². The van der Waals surface area contributed by atoms with Crippen LogP contribution in [-0.4, -0.2) is 17.0 Å². The van der Waals surface area contributed by atoms with E-state index in [1.165, 1.54) is 0 Å². The summed E-state index contributed by atoms with van der Waals surface area (Å²) in [6.07, 6.45) is 4.27. The first kappa shape index (κ1) is 17.7. The molecule has 2 N–H and O–H groups in total. The predicted molar refractivity (Wildman–Crippen MR) is 87.6 cm³/mol. The fourth-order valence-electron chi connectivity index (χ4n) is 2.33. The van der Waals surface area contributed by atoms with Gasteiger partial charge in [0.15, 0.2) is 6.04 Å². The van der Waals surface area contributed by atoms with E-state index in [0.29, 0.717) is 18.4 Å². The highest BCUT2D eigenvalue weighted by atomic mass is 16.4. The Kier molecular flexibility index (Phi) is 6.57. The lowest BCUT2D eigenvalue weighted by molar-refractivity contribution is -0.142. The molecule has 0 aliphatic carbocycles. The Bertz CT molecular complexity index is 568. The van der Waals surface area contributed by atoms with Gasteiger partial charge in [-0.15, -0.1) is 13.2 Å². The van der Waals surface area contributed by atoms with Crippen molar-refractivity contribution in [1.29, 1.82) is 0 Å². The lowest BCUT2D eigenvalue weighted by atomic mass is 9.95. The number of carbonyl (C=O) groups excluding carboxylic acids is 1. The van der Waals surface area contributed by atoms with E-state index in [-0.39, 0.29) is 11.8 Å². The summed E-state index contributed by atoms with van der Waals surface area (Å²) in [6, 6.07) is 4.39. The number of nitrogens with one attached hydrogen (secondary N) is 1. The van der Waals surface area contributed by atoms with E-state index in [0.717, 1.165) is 11.1 Å². The van der Waals surface area contributed by atoms with E-state index >= 15 is 0 Å². The van der Waals surface area contributed by atoms with Crippen molar-refractivity contribution < 1.29 is 14.7 Å². The normalized spacial score (nSPS) is 11.8. The smallest absolute Gasteiger partial charge is 0.330 e. The molecule has 0 bridgehead atoms. The first-order valence-corrected chi connectivity index (χ1v) is 7.23. The maximum absolute atomic E-state index is 12.3. The van der Waals surface area contributed by atoms with Gasteiger partial charge >= 0.3 is 5.97 Å². The van der Waals surface area contributed by atoms with Gasteiger partial charge in [0, 0.05) is 5.92 Å². The third kappa shape index (κ3) is 4.32. The minimum atomic E-state index is -1.07. The van der Waals surface area contributed by atoms with E-state index in [9.17, 15) is 14.7 Å². The summed E-state index contributed by atoms with van der Waals surface area (Å²) in [4.78, 5) is 23.9. The molecule has 118 valence electrons. The summed E-state index contributed by atoms with van der Waals surface area (Å²) in [7, 11) is 0. The lowest BCUT2D eigenvalue weighted by Crippen LogP contribution is -2.38. The molecule has 22 heavy (non-hydrogen) atoms. The third-order valence-corrected chi connectivity index (χ3v) is 3.76. The van der Waals surface area contributed by atoms with E-state index in [2.05, 4.69) is 18.5 Å². The molecule has 4 heteroatoms. The van der Waals surface area contributed by atoms with Crippen LogP contribution in [0.25, 0.3) is 0 Å². The first-order chi connectivity index (χ1) is 10.4. The summed E-state index contributed by atoms with van der Waals surface area (Å²) in [5.74, 6) is -1.71. The summed E-state index contributed by atoms with van der Waals surface area (Å²) < 4.78 is 0. The van der Waals surface area contributed by atoms with Gasteiger partial charge in [-0.25, -0.2) is 4.79 Å². The van der Waals surface area contributed by atoms with Crippen LogP contribution in [0.5, 0.6) is 0 Å². The summed E-state index contributed by atoms with van der Waals surface area (Å²) >= 11 is 0. The maximum atomic E-state index is 12.3. The number of amides is 1. The minimum Gasteiger partial charge on any atom is -0.479 e. The molecule has 0 spiro atoms. The van der Waals surface area contributed by atoms with Crippen molar-refractivity contribution in [3.8, 4) is 0 Å². The van der Waals surface area contributed by atoms with Crippen molar-refractivity contribution >= 4 is 11.9 Å². The average Bonchev–Trinajstić information content (AvgIpc) is 2.47. The Morgan fingerprint density at radius 3 is 2.32 bits per heavy atom. The molecule has 0 aliphatic rings. The predicted octanol–water partition coefficient (Wildman–Crippen LogP) is 3.31. The van der Waals surface area contributed by atoms with Gasteiger partial charge in [-0.3, -0.25) is 4.79 Å². The number of hydrogen-bond acceptors (Lipinski definition) is 2. The number of carbonyl (C=O) groups is 2. The number of carboxylic acid groups (broad SMARTS) is 1. The first-order valence-electron chi connectivity index (χ1n) is 7.23. The molecule has 0 aliphatic heterocycles. The van der Waals surface area contributed by atoms with Gasteiger partial charge in [0.05, 0.1) is 0 Å². The monoisotopic (exact) mass is 301 g/mol. The van der Waals surface area contributed by atoms with Crippen molar-refractivity contribution in [2.45, 2.75) is 32.7 Å². The highest BCUT2D eigenvalue weighted by Gasteiger charge is 2.26. The molecule has 0 heterocycles. The summed E-state index contributed by atoms with van der Waals surface area (Å²) in [5.41, 5.74) is 2.47. The maximum Gasteiger partial charge on any atom is 0.330 e. The van der Waals surface area contributed by atoms with Crippen molar-refractivity contribution in [3.63, 3.8) is 0 Å². The number of benzene rings is 1. The number of rotatable bonds is 8. The van der Waals surface area contributed by atoms with Gasteiger partial charge in [0.1, 0.15) is 0 Å². The number of allylic oxidation sites excluding steroid dienone is 2. The molecule has 1 rings (SSSR count). The van der Waals surface area contributed by atoms with Crippen molar-refractivity contribution in [2.24, 2.45) is 5.92 Å². The largest absolute Gasteiger partial charge is 0.479 e. The van der Waals surface area contributed by atoms with Crippen molar-refractivity contribution in [2.75, 3.05) is 0 Å². The van der Waals surface area contributed by atoms with Crippen LogP contribution in [-0.2, 0) is 9.59 Å². The van der Waals surface area contributed by atoms with Crippen LogP contribution in [0, 0.1) is 19.8 Å². The van der Waals surface area contributed by atoms with Gasteiger partial charge in [-0.05, 0) is 43.4 Å². The lowest BCUT2D eigenvalue weighted by Gasteiger charge is -2.21. The van der Waals surface area contributed by atoms with E-state index < -0.39 is 12.0 Å². The molecule has 0 fully saturated rings. The molecule has 4 nitrogen and oxygen atoms in total. The Hall–Kier alpha value is -2.36. The third-order valence-electron chi connectivity index (χ3n) is 3.76. The Balaban J connectivity index is 3.04. The average molecular weight is 301 g/mol. The Morgan fingerprint density at radius 2 is 1.82 bits per heavy atom. The SMILES string of the molecule is C=CCC(CC=C)C(=O)NC(C(=O)O)c1cccc(C)c1C. The molecule has 0 saturated carbocycles. The fourth-order valence-corrected chi connectivity index (χ4v) is 2.33.